The second kappa shape index (κ2) is 7.11. The lowest BCUT2D eigenvalue weighted by molar-refractivity contribution is -0.577. The van der Waals surface area contributed by atoms with E-state index < -0.39 is 0 Å². The summed E-state index contributed by atoms with van der Waals surface area (Å²) in [5.41, 5.74) is 0.885. The molecule has 7 heteroatoms. The van der Waals surface area contributed by atoms with Crippen LogP contribution in [-0.4, -0.2) is 16.7 Å². The molecule has 0 bridgehead atoms. The van der Waals surface area contributed by atoms with Crippen molar-refractivity contribution in [2.75, 3.05) is 5.32 Å². The molecule has 0 spiro atoms. The van der Waals surface area contributed by atoms with Gasteiger partial charge in [-0.1, -0.05) is 53.5 Å². The van der Waals surface area contributed by atoms with Gasteiger partial charge < -0.3 is 10.4 Å². The molecule has 2 aromatic carbocycles. The minimum atomic E-state index is -0.378. The van der Waals surface area contributed by atoms with Crippen molar-refractivity contribution in [3.8, 4) is 5.75 Å². The fraction of sp³-hybridized carbons (Fsp3) is 0. The Labute approximate surface area is 170 Å². The lowest BCUT2D eigenvalue weighted by atomic mass is 9.90. The molecule has 5 nitrogen and oxygen atoms in total. The number of ketones is 2. The molecule has 0 radical (unpaired) electrons. The summed E-state index contributed by atoms with van der Waals surface area (Å²) in [6.45, 7) is 0. The van der Waals surface area contributed by atoms with Gasteiger partial charge in [0, 0.05) is 28.3 Å². The quantitative estimate of drug-likeness (QED) is 0.496. The summed E-state index contributed by atoms with van der Waals surface area (Å²) in [7, 11) is 0. The minimum Gasteiger partial charge on any atom is -0.504 e. The first-order chi connectivity index (χ1) is 13.5. The molecule has 0 saturated heterocycles. The highest BCUT2D eigenvalue weighted by Gasteiger charge is 2.38. The lowest BCUT2D eigenvalue weighted by Crippen LogP contribution is -2.41. The van der Waals surface area contributed by atoms with E-state index in [0.29, 0.717) is 5.56 Å². The molecular formula is C21H13Cl2N2O3+. The number of allylic oxidation sites excluding steroid dienone is 2. The molecule has 0 unspecified atom stereocenters. The molecule has 0 fully saturated rings. The van der Waals surface area contributed by atoms with Crippen LogP contribution in [0.25, 0.3) is 5.70 Å². The fourth-order valence-electron chi connectivity index (χ4n) is 3.07. The van der Waals surface area contributed by atoms with E-state index in [1.807, 2.05) is 0 Å². The van der Waals surface area contributed by atoms with E-state index in [-0.39, 0.29) is 50.0 Å². The van der Waals surface area contributed by atoms with E-state index in [1.54, 1.807) is 59.4 Å². The molecule has 0 saturated carbocycles. The first-order valence-electron chi connectivity index (χ1n) is 8.32. The zero-order valence-corrected chi connectivity index (χ0v) is 15.8. The second-order valence-corrected chi connectivity index (χ2v) is 6.96. The molecule has 0 amide bonds. The van der Waals surface area contributed by atoms with E-state index in [4.69, 9.17) is 23.2 Å². The molecule has 2 N–H and O–H groups in total. The van der Waals surface area contributed by atoms with Crippen LogP contribution in [0.15, 0.2) is 72.7 Å². The number of nitrogens with one attached hydrogen (secondary N) is 1. The van der Waals surface area contributed by atoms with Gasteiger partial charge >= 0.3 is 0 Å². The maximum absolute atomic E-state index is 13.2. The van der Waals surface area contributed by atoms with Crippen LogP contribution in [0, 0.1) is 0 Å². The Morgan fingerprint density at radius 2 is 1.50 bits per heavy atom. The van der Waals surface area contributed by atoms with E-state index >= 15 is 0 Å². The summed E-state index contributed by atoms with van der Waals surface area (Å²) in [6.07, 6.45) is 3.34. The molecule has 138 valence electrons. The first kappa shape index (κ1) is 18.2. The molecule has 1 aromatic heterocycles. The number of aromatic hydroxyl groups is 1. The fourth-order valence-corrected chi connectivity index (χ4v) is 3.56. The van der Waals surface area contributed by atoms with Gasteiger partial charge in [0.15, 0.2) is 23.8 Å². The Hall–Kier alpha value is -3.15. The minimum absolute atomic E-state index is 0.0218. The number of Topliss-reactive ketones (excluding diaryl/α,β-unsaturated/α-hetero) is 2. The van der Waals surface area contributed by atoms with Crippen LogP contribution in [0.3, 0.4) is 0 Å². The third kappa shape index (κ3) is 3.05. The molecule has 1 aliphatic carbocycles. The van der Waals surface area contributed by atoms with Crippen molar-refractivity contribution >= 4 is 46.2 Å². The van der Waals surface area contributed by atoms with Gasteiger partial charge in [0.05, 0.1) is 10.7 Å². The molecular weight excluding hydrogens is 399 g/mol. The third-order valence-corrected chi connectivity index (χ3v) is 4.86. The average molecular weight is 412 g/mol. The van der Waals surface area contributed by atoms with Crippen LogP contribution in [0.5, 0.6) is 5.75 Å². The number of anilines is 1. The van der Waals surface area contributed by atoms with Gasteiger partial charge in [-0.2, -0.15) is 4.57 Å². The van der Waals surface area contributed by atoms with Gasteiger partial charge in [-0.3, -0.25) is 9.59 Å². The van der Waals surface area contributed by atoms with Crippen LogP contribution in [-0.2, 0) is 0 Å². The van der Waals surface area contributed by atoms with Gasteiger partial charge in [-0.15, -0.1) is 0 Å². The van der Waals surface area contributed by atoms with E-state index in [9.17, 15) is 14.7 Å². The van der Waals surface area contributed by atoms with Crippen molar-refractivity contribution in [2.45, 2.75) is 0 Å². The summed E-state index contributed by atoms with van der Waals surface area (Å²) >= 11 is 12.0. The number of pyridine rings is 1. The Morgan fingerprint density at radius 3 is 2.18 bits per heavy atom. The number of fused-ring (bicyclic) bond motifs is 1. The van der Waals surface area contributed by atoms with Gasteiger partial charge in [0.2, 0.25) is 5.78 Å². The standard InChI is InChI=1S/C21H12Cl2N2O3/c22-12-10-15(23)21(28)16(11-12)24-17-18(25-8-4-1-5-9-25)20(27)14-7-3-2-6-13(14)19(17)26/h1-11H,(H-,24,26,27,28)/p+1. The van der Waals surface area contributed by atoms with Crippen LogP contribution < -0.4 is 9.88 Å². The largest absolute Gasteiger partial charge is 0.504 e. The number of benzene rings is 2. The summed E-state index contributed by atoms with van der Waals surface area (Å²) in [5.74, 6) is -0.964. The Balaban J connectivity index is 1.95. The summed E-state index contributed by atoms with van der Waals surface area (Å²) in [6, 6.07) is 14.7. The van der Waals surface area contributed by atoms with E-state index in [2.05, 4.69) is 5.32 Å². The van der Waals surface area contributed by atoms with Gasteiger partial charge in [0.25, 0.3) is 11.5 Å². The summed E-state index contributed by atoms with van der Waals surface area (Å²) in [5, 5.41) is 13.4. The monoisotopic (exact) mass is 411 g/mol. The number of phenolic OH excluding ortho intramolecular Hbond substituents is 1. The van der Waals surface area contributed by atoms with Gasteiger partial charge in [-0.05, 0) is 12.1 Å². The highest BCUT2D eigenvalue weighted by Crippen LogP contribution is 2.37. The zero-order valence-electron chi connectivity index (χ0n) is 14.3. The van der Waals surface area contributed by atoms with Gasteiger partial charge in [-0.25, -0.2) is 0 Å². The number of aromatic nitrogens is 1. The molecule has 0 aliphatic heterocycles. The number of rotatable bonds is 3. The van der Waals surface area contributed by atoms with Crippen LogP contribution in [0.1, 0.15) is 20.7 Å². The third-order valence-electron chi connectivity index (χ3n) is 4.36. The number of phenols is 1. The Bertz CT molecular complexity index is 1160. The molecule has 0 atom stereocenters. The predicted molar refractivity (Wildman–Crippen MR) is 107 cm³/mol. The Kier molecular flexibility index (Phi) is 4.63. The van der Waals surface area contributed by atoms with Crippen LogP contribution in [0.4, 0.5) is 5.69 Å². The van der Waals surface area contributed by atoms with Crippen molar-refractivity contribution in [3.05, 3.63) is 93.9 Å². The average Bonchev–Trinajstić information content (AvgIpc) is 2.70. The molecule has 1 heterocycles. The number of halogens is 2. The van der Waals surface area contributed by atoms with Crippen LogP contribution in [0.2, 0.25) is 10.0 Å². The topological polar surface area (TPSA) is 70.3 Å². The van der Waals surface area contributed by atoms with Crippen molar-refractivity contribution in [1.29, 1.82) is 0 Å². The maximum atomic E-state index is 13.2. The SMILES string of the molecule is O=C1C(Nc2cc(Cl)cc(Cl)c2O)=C([n+]2ccccc2)C(=O)c2ccccc21. The van der Waals surface area contributed by atoms with Crippen molar-refractivity contribution in [2.24, 2.45) is 0 Å². The zero-order chi connectivity index (χ0) is 19.8. The highest BCUT2D eigenvalue weighted by atomic mass is 35.5. The summed E-state index contributed by atoms with van der Waals surface area (Å²) < 4.78 is 1.56. The van der Waals surface area contributed by atoms with E-state index in [0.717, 1.165) is 0 Å². The Morgan fingerprint density at radius 1 is 0.857 bits per heavy atom. The van der Waals surface area contributed by atoms with Crippen LogP contribution >= 0.6 is 23.2 Å². The number of hydrogen-bond donors (Lipinski definition) is 2. The molecule has 28 heavy (non-hydrogen) atoms. The highest BCUT2D eigenvalue weighted by molar-refractivity contribution is 6.37. The smallest absolute Gasteiger partial charge is 0.286 e. The number of hydrogen-bond acceptors (Lipinski definition) is 4. The predicted octanol–water partition coefficient (Wildman–Crippen LogP) is 4.35. The molecule has 3 aromatic rings. The second-order valence-electron chi connectivity index (χ2n) is 6.12. The number of carbonyl (C=O) groups is 2. The molecule has 1 aliphatic rings. The van der Waals surface area contributed by atoms with Crippen molar-refractivity contribution < 1.29 is 19.3 Å². The first-order valence-corrected chi connectivity index (χ1v) is 9.07. The lowest BCUT2D eigenvalue weighted by Gasteiger charge is -2.19. The molecule has 4 rings (SSSR count). The van der Waals surface area contributed by atoms with Crippen molar-refractivity contribution in [1.82, 2.24) is 0 Å². The number of carbonyl (C=O) groups excluding carboxylic acids is 2. The number of nitrogens with zero attached hydrogens (tertiary/aromatic N) is 1. The normalized spacial score (nSPS) is 13.5. The maximum Gasteiger partial charge on any atom is 0.286 e. The van der Waals surface area contributed by atoms with Gasteiger partial charge in [0.1, 0.15) is 0 Å². The summed E-state index contributed by atoms with van der Waals surface area (Å²) in [4.78, 5) is 26.4. The van der Waals surface area contributed by atoms with Crippen molar-refractivity contribution in [3.63, 3.8) is 0 Å². The van der Waals surface area contributed by atoms with E-state index in [1.165, 1.54) is 12.1 Å².